The monoisotopic (exact) mass is 280 g/mol. The minimum atomic E-state index is 0.112. The zero-order valence-corrected chi connectivity index (χ0v) is 12.4. The molecule has 0 saturated carbocycles. The van der Waals surface area contributed by atoms with E-state index in [1.165, 1.54) is 5.56 Å². The highest BCUT2D eigenvalue weighted by Gasteiger charge is 2.26. The van der Waals surface area contributed by atoms with Crippen molar-refractivity contribution in [2.75, 3.05) is 34.3 Å². The number of hydrogen-bond acceptors (Lipinski definition) is 3. The predicted octanol–water partition coefficient (Wildman–Crippen LogP) is 2.29. The molecule has 1 aromatic carbocycles. The zero-order chi connectivity index (χ0) is 13.8. The number of ether oxygens (including phenoxy) is 1. The van der Waals surface area contributed by atoms with Crippen LogP contribution >= 0.6 is 11.8 Å². The van der Waals surface area contributed by atoms with E-state index in [0.29, 0.717) is 5.25 Å². The lowest BCUT2D eigenvalue weighted by atomic mass is 10.2. The third-order valence-electron chi connectivity index (χ3n) is 3.25. The van der Waals surface area contributed by atoms with Gasteiger partial charge >= 0.3 is 6.03 Å². The van der Waals surface area contributed by atoms with Crippen molar-refractivity contribution in [3.8, 4) is 5.75 Å². The smallest absolute Gasteiger partial charge is 0.319 e. The first-order valence-corrected chi connectivity index (χ1v) is 7.36. The van der Waals surface area contributed by atoms with Crippen molar-refractivity contribution in [2.24, 2.45) is 0 Å². The van der Waals surface area contributed by atoms with Crippen LogP contribution in [0.25, 0.3) is 0 Å². The van der Waals surface area contributed by atoms with E-state index in [9.17, 15) is 4.79 Å². The number of urea groups is 1. The molecule has 1 fully saturated rings. The maximum absolute atomic E-state index is 11.6. The number of thioether (sulfide) groups is 1. The maximum Gasteiger partial charge on any atom is 0.319 e. The van der Waals surface area contributed by atoms with Gasteiger partial charge in [-0.2, -0.15) is 11.8 Å². The molecule has 19 heavy (non-hydrogen) atoms. The van der Waals surface area contributed by atoms with Crippen molar-refractivity contribution in [1.29, 1.82) is 0 Å². The van der Waals surface area contributed by atoms with Crippen LogP contribution in [0.15, 0.2) is 24.3 Å². The van der Waals surface area contributed by atoms with E-state index in [1.54, 1.807) is 16.9 Å². The van der Waals surface area contributed by atoms with Gasteiger partial charge in [-0.1, -0.05) is 12.1 Å². The number of amides is 2. The van der Waals surface area contributed by atoms with Gasteiger partial charge in [0.15, 0.2) is 0 Å². The Morgan fingerprint density at radius 1 is 1.21 bits per heavy atom. The summed E-state index contributed by atoms with van der Waals surface area (Å²) in [6, 6.07) is 8.26. The molecule has 4 nitrogen and oxygen atoms in total. The van der Waals surface area contributed by atoms with Crippen LogP contribution in [-0.2, 0) is 5.75 Å². The predicted molar refractivity (Wildman–Crippen MR) is 78.7 cm³/mol. The normalized spacial score (nSPS) is 16.9. The summed E-state index contributed by atoms with van der Waals surface area (Å²) in [7, 11) is 5.40. The molecule has 0 spiro atoms. The first-order chi connectivity index (χ1) is 9.10. The van der Waals surface area contributed by atoms with Gasteiger partial charge in [0.25, 0.3) is 0 Å². The molecule has 1 aromatic rings. The van der Waals surface area contributed by atoms with Crippen LogP contribution < -0.4 is 4.74 Å². The van der Waals surface area contributed by atoms with E-state index in [-0.39, 0.29) is 6.03 Å². The van der Waals surface area contributed by atoms with Gasteiger partial charge in [-0.15, -0.1) is 0 Å². The van der Waals surface area contributed by atoms with Crippen molar-refractivity contribution in [3.63, 3.8) is 0 Å². The third kappa shape index (κ3) is 3.56. The highest BCUT2D eigenvalue weighted by molar-refractivity contribution is 7.99. The van der Waals surface area contributed by atoms with Gasteiger partial charge in [-0.3, -0.25) is 0 Å². The summed E-state index contributed by atoms with van der Waals surface area (Å²) in [6.07, 6.45) is 0. The fourth-order valence-corrected chi connectivity index (χ4v) is 3.44. The van der Waals surface area contributed by atoms with Crippen LogP contribution in [0, 0.1) is 0 Å². The highest BCUT2D eigenvalue weighted by Crippen LogP contribution is 2.23. The molecule has 0 aliphatic carbocycles. The van der Waals surface area contributed by atoms with E-state index >= 15 is 0 Å². The lowest BCUT2D eigenvalue weighted by Gasteiger charge is -2.35. The zero-order valence-electron chi connectivity index (χ0n) is 11.6. The molecule has 1 saturated heterocycles. The van der Waals surface area contributed by atoms with Gasteiger partial charge in [0.2, 0.25) is 0 Å². The van der Waals surface area contributed by atoms with E-state index < -0.39 is 0 Å². The molecular weight excluding hydrogens is 260 g/mol. The topological polar surface area (TPSA) is 32.8 Å². The van der Waals surface area contributed by atoms with Gasteiger partial charge in [0, 0.05) is 38.2 Å². The molecule has 0 bridgehead atoms. The Kier molecular flexibility index (Phi) is 4.58. The Hall–Kier alpha value is -1.36. The number of carbonyl (C=O) groups excluding carboxylic acids is 1. The number of methoxy groups -OCH3 is 1. The van der Waals surface area contributed by atoms with Crippen LogP contribution in [0.2, 0.25) is 0 Å². The average Bonchev–Trinajstić information content (AvgIpc) is 2.43. The summed E-state index contributed by atoms with van der Waals surface area (Å²) in [5.41, 5.74) is 1.29. The van der Waals surface area contributed by atoms with Gasteiger partial charge in [-0.25, -0.2) is 4.79 Å². The van der Waals surface area contributed by atoms with Crippen molar-refractivity contribution in [3.05, 3.63) is 29.8 Å². The fourth-order valence-electron chi connectivity index (χ4n) is 2.16. The second kappa shape index (κ2) is 6.19. The molecule has 1 aliphatic rings. The average molecular weight is 280 g/mol. The van der Waals surface area contributed by atoms with Crippen molar-refractivity contribution in [2.45, 2.75) is 11.0 Å². The number of hydrogen-bond donors (Lipinski definition) is 0. The Morgan fingerprint density at radius 2 is 1.79 bits per heavy atom. The Bertz CT molecular complexity index is 422. The van der Waals surface area contributed by atoms with Gasteiger partial charge in [0.05, 0.1) is 7.11 Å². The molecule has 0 unspecified atom stereocenters. The first-order valence-electron chi connectivity index (χ1n) is 6.31. The summed E-state index contributed by atoms with van der Waals surface area (Å²) >= 11 is 1.90. The van der Waals surface area contributed by atoms with Crippen LogP contribution in [-0.4, -0.2) is 55.4 Å². The maximum atomic E-state index is 11.6. The largest absolute Gasteiger partial charge is 0.497 e. The van der Waals surface area contributed by atoms with Crippen LogP contribution in [0.5, 0.6) is 5.75 Å². The molecule has 1 aliphatic heterocycles. The summed E-state index contributed by atoms with van der Waals surface area (Å²) in [5.74, 6) is 1.85. The van der Waals surface area contributed by atoms with E-state index in [1.807, 2.05) is 38.0 Å². The van der Waals surface area contributed by atoms with Gasteiger partial charge in [0.1, 0.15) is 5.75 Å². The number of nitrogens with zero attached hydrogens (tertiary/aromatic N) is 2. The summed E-state index contributed by atoms with van der Waals surface area (Å²) in [4.78, 5) is 15.2. The Morgan fingerprint density at radius 3 is 2.32 bits per heavy atom. The fraction of sp³-hybridized carbons (Fsp3) is 0.500. The first kappa shape index (κ1) is 14.1. The van der Waals surface area contributed by atoms with Gasteiger partial charge in [-0.05, 0) is 17.7 Å². The van der Waals surface area contributed by atoms with Crippen molar-refractivity contribution in [1.82, 2.24) is 9.80 Å². The standard InChI is InChI=1S/C14H20N2O2S/c1-15-8-13(9-16(2)14(15)17)19-10-11-4-6-12(18-3)7-5-11/h4-7,13H,8-10H2,1-3H3. The van der Waals surface area contributed by atoms with Gasteiger partial charge < -0.3 is 14.5 Å². The molecule has 1 heterocycles. The molecule has 5 heteroatoms. The Balaban J connectivity index is 1.86. The SMILES string of the molecule is COc1ccc(CSC2CN(C)C(=O)N(C)C2)cc1. The molecule has 0 atom stereocenters. The Labute approximate surface area is 118 Å². The number of carbonyl (C=O) groups is 1. The molecule has 104 valence electrons. The summed E-state index contributed by atoms with van der Waals surface area (Å²) < 4.78 is 5.15. The molecule has 2 amide bonds. The van der Waals surface area contributed by atoms with E-state index in [4.69, 9.17) is 4.74 Å². The van der Waals surface area contributed by atoms with Crippen LogP contribution in [0.3, 0.4) is 0 Å². The van der Waals surface area contributed by atoms with E-state index in [2.05, 4.69) is 12.1 Å². The minimum absolute atomic E-state index is 0.112. The third-order valence-corrected chi connectivity index (χ3v) is 4.52. The molecule has 0 N–H and O–H groups in total. The van der Waals surface area contributed by atoms with Crippen molar-refractivity contribution < 1.29 is 9.53 Å². The van der Waals surface area contributed by atoms with Crippen LogP contribution in [0.4, 0.5) is 4.79 Å². The highest BCUT2D eigenvalue weighted by atomic mass is 32.2. The second-order valence-corrected chi connectivity index (χ2v) is 6.11. The second-order valence-electron chi connectivity index (χ2n) is 4.82. The minimum Gasteiger partial charge on any atom is -0.497 e. The van der Waals surface area contributed by atoms with Crippen LogP contribution in [0.1, 0.15) is 5.56 Å². The molecular formula is C14H20N2O2S. The lowest BCUT2D eigenvalue weighted by molar-refractivity contribution is 0.156. The van der Waals surface area contributed by atoms with Crippen molar-refractivity contribution >= 4 is 17.8 Å². The van der Waals surface area contributed by atoms with E-state index in [0.717, 1.165) is 24.6 Å². The number of benzene rings is 1. The summed E-state index contributed by atoms with van der Waals surface area (Å²) in [5, 5.41) is 0.467. The quantitative estimate of drug-likeness (QED) is 0.848. The number of rotatable bonds is 4. The molecule has 0 aromatic heterocycles. The molecule has 0 radical (unpaired) electrons. The summed E-state index contributed by atoms with van der Waals surface area (Å²) in [6.45, 7) is 1.65. The molecule has 2 rings (SSSR count). The lowest BCUT2D eigenvalue weighted by Crippen LogP contribution is -2.51.